The average Bonchev–Trinajstić information content (AvgIpc) is 3.10. The number of hydrogen-bond acceptors (Lipinski definition) is 7. The lowest BCUT2D eigenvalue weighted by Gasteiger charge is -2.28. The molecular formula is C18H16F3N5O5. The largest absolute Gasteiger partial charge is 0.573 e. The minimum Gasteiger partial charge on any atom is -0.444 e. The van der Waals surface area contributed by atoms with Gasteiger partial charge in [0.15, 0.2) is 0 Å². The number of ether oxygens (including phenoxy) is 2. The van der Waals surface area contributed by atoms with Crippen molar-refractivity contribution in [2.45, 2.75) is 25.5 Å². The van der Waals surface area contributed by atoms with Crippen molar-refractivity contribution < 1.29 is 32.4 Å². The number of hydrogen-bond donors (Lipinski definition) is 1. The third-order valence-electron chi connectivity index (χ3n) is 4.66. The number of fused-ring (bicyclic) bond motifs is 2. The molecule has 1 aromatic heterocycles. The number of rotatable bonds is 5. The molecule has 10 nitrogen and oxygen atoms in total. The molecule has 2 aromatic rings. The monoisotopic (exact) mass is 439 g/mol. The zero-order chi connectivity index (χ0) is 22.2. The molecule has 31 heavy (non-hydrogen) atoms. The van der Waals surface area contributed by atoms with Crippen molar-refractivity contribution in [3.63, 3.8) is 0 Å². The summed E-state index contributed by atoms with van der Waals surface area (Å²) in [6, 6.07) is 4.05. The molecule has 1 amide bonds. The lowest BCUT2D eigenvalue weighted by Crippen LogP contribution is -2.47. The van der Waals surface area contributed by atoms with Crippen molar-refractivity contribution >= 4 is 17.8 Å². The van der Waals surface area contributed by atoms with Crippen molar-refractivity contribution in [3.05, 3.63) is 51.8 Å². The minimum absolute atomic E-state index is 0.0340. The van der Waals surface area contributed by atoms with Gasteiger partial charge in [-0.05, 0) is 22.6 Å². The molecule has 0 fully saturated rings. The first-order chi connectivity index (χ1) is 14.7. The smallest absolute Gasteiger partial charge is 0.444 e. The fraction of sp³-hybridized carbons (Fsp3) is 0.333. The normalized spacial score (nSPS) is 17.4. The van der Waals surface area contributed by atoms with E-state index in [0.29, 0.717) is 11.1 Å². The van der Waals surface area contributed by atoms with Crippen LogP contribution in [0.2, 0.25) is 0 Å². The molecule has 0 radical (unpaired) electrons. The third kappa shape index (κ3) is 4.70. The van der Waals surface area contributed by atoms with Gasteiger partial charge in [-0.15, -0.1) is 13.2 Å². The molecule has 3 heterocycles. The lowest BCUT2D eigenvalue weighted by molar-refractivity contribution is -0.389. The van der Waals surface area contributed by atoms with E-state index >= 15 is 0 Å². The highest BCUT2D eigenvalue weighted by Gasteiger charge is 2.33. The number of carbonyl (C=O) groups excluding carboxylic acids is 1. The van der Waals surface area contributed by atoms with E-state index in [1.54, 1.807) is 11.0 Å². The fourth-order valence-electron chi connectivity index (χ4n) is 3.42. The Balaban J connectivity index is 1.35. The van der Waals surface area contributed by atoms with E-state index in [9.17, 15) is 28.1 Å². The quantitative estimate of drug-likeness (QED) is 0.561. The molecule has 1 aromatic carbocycles. The van der Waals surface area contributed by atoms with Crippen molar-refractivity contribution in [1.29, 1.82) is 0 Å². The van der Waals surface area contributed by atoms with E-state index < -0.39 is 17.3 Å². The maximum absolute atomic E-state index is 12.6. The second kappa shape index (κ2) is 7.81. The van der Waals surface area contributed by atoms with Crippen LogP contribution in [0.25, 0.3) is 6.08 Å². The van der Waals surface area contributed by atoms with Gasteiger partial charge >= 0.3 is 18.2 Å². The summed E-state index contributed by atoms with van der Waals surface area (Å²) in [4.78, 5) is 28.0. The standard InChI is InChI=1S/C18H16F3N5O5/c19-18(20,21)31-14-3-1-2-11-6-24(5-4-13(11)14)9-16(27)22-12-7-25-8-15(26(28)29)23-17(25)30-10-12/h1-5,8,12H,6-7,9-10H2,(H,22,27)/t12-/m0/s1. The van der Waals surface area contributed by atoms with Crippen LogP contribution < -0.4 is 14.8 Å². The maximum Gasteiger partial charge on any atom is 0.573 e. The molecule has 0 saturated heterocycles. The Kier molecular flexibility index (Phi) is 5.17. The highest BCUT2D eigenvalue weighted by molar-refractivity contribution is 5.79. The van der Waals surface area contributed by atoms with Gasteiger partial charge in [-0.1, -0.05) is 12.1 Å². The van der Waals surface area contributed by atoms with E-state index in [4.69, 9.17) is 4.74 Å². The number of alkyl halides is 3. The van der Waals surface area contributed by atoms with Crippen LogP contribution in [0, 0.1) is 10.1 Å². The van der Waals surface area contributed by atoms with Crippen molar-refractivity contribution in [1.82, 2.24) is 19.8 Å². The Bertz CT molecular complexity index is 1050. The molecule has 2 aliphatic heterocycles. The summed E-state index contributed by atoms with van der Waals surface area (Å²) >= 11 is 0. The molecule has 0 aliphatic carbocycles. The van der Waals surface area contributed by atoms with Crippen LogP contribution >= 0.6 is 0 Å². The second-order valence-electron chi connectivity index (χ2n) is 6.96. The summed E-state index contributed by atoms with van der Waals surface area (Å²) in [7, 11) is 0. The summed E-state index contributed by atoms with van der Waals surface area (Å²) in [5.41, 5.74) is 0.903. The van der Waals surface area contributed by atoms with Crippen molar-refractivity contribution in [3.8, 4) is 11.8 Å². The van der Waals surface area contributed by atoms with E-state index in [2.05, 4.69) is 15.0 Å². The average molecular weight is 439 g/mol. The molecular weight excluding hydrogens is 423 g/mol. The number of carbonyl (C=O) groups is 1. The van der Waals surface area contributed by atoms with E-state index in [-0.39, 0.29) is 49.7 Å². The molecule has 0 unspecified atom stereocenters. The predicted octanol–water partition coefficient (Wildman–Crippen LogP) is 2.05. The summed E-state index contributed by atoms with van der Waals surface area (Å²) in [6.45, 7) is 0.566. The van der Waals surface area contributed by atoms with Crippen molar-refractivity contribution in [2.24, 2.45) is 0 Å². The number of amides is 1. The zero-order valence-corrected chi connectivity index (χ0v) is 15.8. The Morgan fingerprint density at radius 2 is 2.23 bits per heavy atom. The molecule has 0 saturated carbocycles. The number of imidazole rings is 1. The summed E-state index contributed by atoms with van der Waals surface area (Å²) in [6.07, 6.45) is -0.566. The number of nitrogens with zero attached hydrogens (tertiary/aromatic N) is 4. The van der Waals surface area contributed by atoms with Crippen LogP contribution in [0.5, 0.6) is 11.8 Å². The number of nitro groups is 1. The first-order valence-corrected chi connectivity index (χ1v) is 9.11. The Hall–Kier alpha value is -3.77. The van der Waals surface area contributed by atoms with Gasteiger partial charge in [0.25, 0.3) is 0 Å². The maximum atomic E-state index is 12.6. The lowest BCUT2D eigenvalue weighted by atomic mass is 10.0. The Labute approximate surface area is 173 Å². The van der Waals surface area contributed by atoms with E-state index in [0.717, 1.165) is 0 Å². The molecule has 4 rings (SSSR count). The second-order valence-corrected chi connectivity index (χ2v) is 6.96. The molecule has 1 atom stereocenters. The van der Waals surface area contributed by atoms with Gasteiger partial charge in [0, 0.05) is 23.3 Å². The summed E-state index contributed by atoms with van der Waals surface area (Å²) < 4.78 is 48.5. The predicted molar refractivity (Wildman–Crippen MR) is 98.9 cm³/mol. The number of halogens is 3. The topological polar surface area (TPSA) is 112 Å². The Morgan fingerprint density at radius 3 is 2.97 bits per heavy atom. The van der Waals surface area contributed by atoms with Gasteiger partial charge in [-0.2, -0.15) is 0 Å². The zero-order valence-electron chi connectivity index (χ0n) is 15.8. The molecule has 164 valence electrons. The van der Waals surface area contributed by atoms with Crippen LogP contribution in [0.1, 0.15) is 11.1 Å². The highest BCUT2D eigenvalue weighted by Crippen LogP contribution is 2.32. The van der Waals surface area contributed by atoms with Gasteiger partial charge in [0.1, 0.15) is 18.6 Å². The van der Waals surface area contributed by atoms with Crippen LogP contribution in [0.3, 0.4) is 0 Å². The van der Waals surface area contributed by atoms with E-state index in [1.165, 1.54) is 35.2 Å². The van der Waals surface area contributed by atoms with Gasteiger partial charge in [0.2, 0.25) is 5.91 Å². The minimum atomic E-state index is -4.79. The van der Waals surface area contributed by atoms with Crippen LogP contribution in [0.15, 0.2) is 30.6 Å². The van der Waals surface area contributed by atoms with Gasteiger partial charge in [-0.25, -0.2) is 0 Å². The van der Waals surface area contributed by atoms with Crippen LogP contribution in [-0.4, -0.2) is 50.8 Å². The van der Waals surface area contributed by atoms with Gasteiger partial charge in [0.05, 0.1) is 19.1 Å². The number of aromatic nitrogens is 2. The first-order valence-electron chi connectivity index (χ1n) is 9.11. The molecule has 13 heteroatoms. The van der Waals surface area contributed by atoms with Gasteiger partial charge < -0.3 is 29.8 Å². The Morgan fingerprint density at radius 1 is 1.42 bits per heavy atom. The molecule has 1 N–H and O–H groups in total. The van der Waals surface area contributed by atoms with Crippen LogP contribution in [-0.2, 0) is 17.9 Å². The summed E-state index contributed by atoms with van der Waals surface area (Å²) in [5.74, 6) is -0.967. The first kappa shape index (κ1) is 20.5. The van der Waals surface area contributed by atoms with Crippen molar-refractivity contribution in [2.75, 3.05) is 13.2 Å². The SMILES string of the molecule is O=C(CN1C=Cc2c(cccc2OC(F)(F)F)C1)N[C@@H]1COc2nc([N+](=O)[O-])cn2C1. The molecule has 2 aliphatic rings. The molecule has 0 bridgehead atoms. The fourth-order valence-corrected chi connectivity index (χ4v) is 3.42. The van der Waals surface area contributed by atoms with E-state index in [1.807, 2.05) is 0 Å². The summed E-state index contributed by atoms with van der Waals surface area (Å²) in [5, 5.41) is 13.6. The number of nitrogens with one attached hydrogen (secondary N) is 1. The molecule has 0 spiro atoms. The highest BCUT2D eigenvalue weighted by atomic mass is 19.4. The number of benzene rings is 1. The van der Waals surface area contributed by atoms with Crippen LogP contribution in [0.4, 0.5) is 19.0 Å². The third-order valence-corrected chi connectivity index (χ3v) is 4.66. The van der Waals surface area contributed by atoms with Gasteiger partial charge in [-0.3, -0.25) is 9.36 Å².